The van der Waals surface area contributed by atoms with Crippen LogP contribution in [-0.4, -0.2) is 11.0 Å². The molecule has 1 rings (SSSR count). The van der Waals surface area contributed by atoms with E-state index in [-0.39, 0.29) is 17.8 Å². The number of nitrogens with one attached hydrogen (secondary N) is 1. The second-order valence-electron chi connectivity index (χ2n) is 4.18. The van der Waals surface area contributed by atoms with Crippen LogP contribution in [0.1, 0.15) is 18.4 Å². The van der Waals surface area contributed by atoms with Gasteiger partial charge >= 0.3 is 0 Å². The Kier molecular flexibility index (Phi) is 5.82. The third kappa shape index (κ3) is 4.15. The lowest BCUT2D eigenvalue weighted by Crippen LogP contribution is -2.15. The number of allylic oxidation sites excluding steroid dienone is 2. The molecule has 0 aliphatic heterocycles. The fourth-order valence-corrected chi connectivity index (χ4v) is 1.64. The van der Waals surface area contributed by atoms with Gasteiger partial charge in [0.1, 0.15) is 11.8 Å². The molecule has 0 aliphatic rings. The van der Waals surface area contributed by atoms with Gasteiger partial charge in [-0.05, 0) is 37.1 Å². The summed E-state index contributed by atoms with van der Waals surface area (Å²) >= 11 is 5.89. The molecule has 0 fully saturated rings. The van der Waals surface area contributed by atoms with E-state index in [4.69, 9.17) is 16.9 Å². The van der Waals surface area contributed by atoms with Crippen LogP contribution in [0.2, 0.25) is 5.02 Å². The molecule has 1 aromatic rings. The molecule has 104 valence electrons. The zero-order valence-electron chi connectivity index (χ0n) is 11.1. The zero-order valence-corrected chi connectivity index (χ0v) is 11.9. The Bertz CT molecular complexity index is 600. The number of aliphatic hydroxyl groups excluding tert-OH is 1. The summed E-state index contributed by atoms with van der Waals surface area (Å²) < 4.78 is 0. The average Bonchev–Trinajstić information content (AvgIpc) is 2.41. The zero-order chi connectivity index (χ0) is 15.1. The van der Waals surface area contributed by atoms with Gasteiger partial charge in [0, 0.05) is 17.1 Å². The topological polar surface area (TPSA) is 73.1 Å². The molecule has 0 aromatic heterocycles. The molecule has 0 saturated carbocycles. The lowest BCUT2D eigenvalue weighted by molar-refractivity contribution is -0.112. The number of aryl methyl sites for hydroxylation is 1. The predicted molar refractivity (Wildman–Crippen MR) is 79.5 cm³/mol. The quantitative estimate of drug-likeness (QED) is 0.374. The smallest absolute Gasteiger partial charge is 0.269 e. The Morgan fingerprint density at radius 2 is 2.30 bits per heavy atom. The predicted octanol–water partition coefficient (Wildman–Crippen LogP) is 3.89. The number of hydrogen-bond donors (Lipinski definition) is 2. The minimum atomic E-state index is -0.643. The summed E-state index contributed by atoms with van der Waals surface area (Å²) in [5, 5.41) is 21.8. The molecule has 4 nitrogen and oxygen atoms in total. The van der Waals surface area contributed by atoms with Crippen LogP contribution in [0.5, 0.6) is 0 Å². The molecule has 5 heteroatoms. The van der Waals surface area contributed by atoms with E-state index in [0.717, 1.165) is 5.56 Å². The molecular formula is C15H15ClN2O2. The summed E-state index contributed by atoms with van der Waals surface area (Å²) in [5.74, 6) is -0.883. The summed E-state index contributed by atoms with van der Waals surface area (Å²) in [7, 11) is 0. The van der Waals surface area contributed by atoms with Crippen molar-refractivity contribution in [3.05, 3.63) is 52.8 Å². The Morgan fingerprint density at radius 1 is 1.60 bits per heavy atom. The fraction of sp³-hybridized carbons (Fsp3) is 0.200. The van der Waals surface area contributed by atoms with Gasteiger partial charge in [0.15, 0.2) is 5.57 Å². The van der Waals surface area contributed by atoms with Crippen molar-refractivity contribution >= 4 is 23.2 Å². The van der Waals surface area contributed by atoms with Crippen LogP contribution >= 0.6 is 11.6 Å². The Labute approximate surface area is 123 Å². The van der Waals surface area contributed by atoms with Crippen molar-refractivity contribution < 1.29 is 9.90 Å². The molecule has 1 aromatic carbocycles. The van der Waals surface area contributed by atoms with Gasteiger partial charge in [-0.3, -0.25) is 4.79 Å². The van der Waals surface area contributed by atoms with Crippen LogP contribution < -0.4 is 5.32 Å². The number of aliphatic hydroxyl groups is 1. The van der Waals surface area contributed by atoms with Crippen LogP contribution in [0.3, 0.4) is 0 Å². The highest BCUT2D eigenvalue weighted by atomic mass is 35.5. The van der Waals surface area contributed by atoms with Crippen LogP contribution in [0.25, 0.3) is 0 Å². The van der Waals surface area contributed by atoms with Crippen molar-refractivity contribution in [1.29, 1.82) is 5.26 Å². The van der Waals surface area contributed by atoms with Crippen LogP contribution in [0.4, 0.5) is 5.69 Å². The van der Waals surface area contributed by atoms with Crippen LogP contribution in [-0.2, 0) is 4.79 Å². The second-order valence-corrected chi connectivity index (χ2v) is 4.59. The minimum Gasteiger partial charge on any atom is -0.511 e. The largest absolute Gasteiger partial charge is 0.511 e. The average molecular weight is 291 g/mol. The number of halogens is 1. The molecule has 0 aliphatic carbocycles. The molecule has 20 heavy (non-hydrogen) atoms. The lowest BCUT2D eigenvalue weighted by Gasteiger charge is -2.07. The number of amides is 1. The summed E-state index contributed by atoms with van der Waals surface area (Å²) in [4.78, 5) is 11.9. The van der Waals surface area contributed by atoms with E-state index in [1.807, 2.05) is 0 Å². The van der Waals surface area contributed by atoms with E-state index in [9.17, 15) is 9.90 Å². The highest BCUT2D eigenvalue weighted by Gasteiger charge is 2.15. The minimum absolute atomic E-state index is 0.208. The Morgan fingerprint density at radius 3 is 2.85 bits per heavy atom. The van der Waals surface area contributed by atoms with E-state index >= 15 is 0 Å². The van der Waals surface area contributed by atoms with Gasteiger partial charge in [0.05, 0.1) is 0 Å². The Balaban J connectivity index is 2.90. The molecule has 2 N–H and O–H groups in total. The molecule has 0 bridgehead atoms. The third-order valence-electron chi connectivity index (χ3n) is 2.63. The maximum Gasteiger partial charge on any atom is 0.269 e. The first-order valence-electron chi connectivity index (χ1n) is 6.00. The molecule has 0 radical (unpaired) electrons. The Hall–Kier alpha value is -2.25. The first-order chi connectivity index (χ1) is 9.49. The molecule has 0 spiro atoms. The van der Waals surface area contributed by atoms with Gasteiger partial charge in [0.2, 0.25) is 0 Å². The summed E-state index contributed by atoms with van der Waals surface area (Å²) in [6.45, 7) is 5.32. The molecule has 1 amide bonds. The number of nitrogens with zero attached hydrogens (tertiary/aromatic N) is 1. The van der Waals surface area contributed by atoms with Crippen molar-refractivity contribution in [3.8, 4) is 6.07 Å². The van der Waals surface area contributed by atoms with E-state index in [0.29, 0.717) is 17.1 Å². The number of anilines is 1. The summed E-state index contributed by atoms with van der Waals surface area (Å²) in [6.07, 6.45) is 2.30. The van der Waals surface area contributed by atoms with E-state index in [1.54, 1.807) is 37.3 Å². The second kappa shape index (κ2) is 7.37. The summed E-state index contributed by atoms with van der Waals surface area (Å²) in [6, 6.07) is 6.69. The van der Waals surface area contributed by atoms with E-state index in [2.05, 4.69) is 11.9 Å². The van der Waals surface area contributed by atoms with Gasteiger partial charge < -0.3 is 10.4 Å². The number of nitriles is 1. The maximum atomic E-state index is 11.9. The summed E-state index contributed by atoms with van der Waals surface area (Å²) in [5.41, 5.74) is 1.03. The fourth-order valence-electron chi connectivity index (χ4n) is 1.53. The number of carbonyl (C=O) groups is 1. The normalized spacial score (nSPS) is 11.2. The number of benzene rings is 1. The standard InChI is InChI=1S/C15H15ClN2O2/c1-3-4-5-14(19)12(9-17)15(20)18-11-6-7-13(16)10(2)8-11/h3,6-8,19H,1,4-5H2,2H3,(H,18,20)/b14-12-. The molecule has 0 saturated heterocycles. The highest BCUT2D eigenvalue weighted by Crippen LogP contribution is 2.20. The maximum absolute atomic E-state index is 11.9. The number of rotatable bonds is 5. The van der Waals surface area contributed by atoms with E-state index < -0.39 is 5.91 Å². The van der Waals surface area contributed by atoms with Gasteiger partial charge in [0.25, 0.3) is 5.91 Å². The first kappa shape index (κ1) is 15.8. The van der Waals surface area contributed by atoms with Gasteiger partial charge in [-0.2, -0.15) is 5.26 Å². The van der Waals surface area contributed by atoms with Crippen LogP contribution in [0, 0.1) is 18.3 Å². The van der Waals surface area contributed by atoms with Gasteiger partial charge in [-0.1, -0.05) is 17.7 Å². The highest BCUT2D eigenvalue weighted by molar-refractivity contribution is 6.31. The number of carbonyl (C=O) groups excluding carboxylic acids is 1. The molecular weight excluding hydrogens is 276 g/mol. The van der Waals surface area contributed by atoms with Crippen molar-refractivity contribution in [3.63, 3.8) is 0 Å². The molecule has 0 heterocycles. The molecule has 0 unspecified atom stereocenters. The lowest BCUT2D eigenvalue weighted by atomic mass is 10.1. The van der Waals surface area contributed by atoms with Crippen molar-refractivity contribution in [2.45, 2.75) is 19.8 Å². The molecule has 0 atom stereocenters. The van der Waals surface area contributed by atoms with Crippen molar-refractivity contribution in [2.24, 2.45) is 0 Å². The monoisotopic (exact) mass is 290 g/mol. The van der Waals surface area contributed by atoms with Crippen LogP contribution in [0.15, 0.2) is 42.2 Å². The van der Waals surface area contributed by atoms with Gasteiger partial charge in [-0.15, -0.1) is 6.58 Å². The first-order valence-corrected chi connectivity index (χ1v) is 6.38. The third-order valence-corrected chi connectivity index (χ3v) is 3.05. The van der Waals surface area contributed by atoms with E-state index in [1.165, 1.54) is 0 Å². The van der Waals surface area contributed by atoms with Crippen molar-refractivity contribution in [1.82, 2.24) is 0 Å². The van der Waals surface area contributed by atoms with Crippen molar-refractivity contribution in [2.75, 3.05) is 5.32 Å². The van der Waals surface area contributed by atoms with Gasteiger partial charge in [-0.25, -0.2) is 0 Å². The SMILES string of the molecule is C=CCC/C(O)=C(\C#N)C(=O)Nc1ccc(Cl)c(C)c1. The number of hydrogen-bond acceptors (Lipinski definition) is 3.